The summed E-state index contributed by atoms with van der Waals surface area (Å²) in [5.74, 6) is -1.28. The van der Waals surface area contributed by atoms with E-state index in [1.54, 1.807) is 6.92 Å². The first kappa shape index (κ1) is 20.6. The van der Waals surface area contributed by atoms with Crippen molar-refractivity contribution in [3.63, 3.8) is 0 Å². The molecule has 3 N–H and O–H groups in total. The lowest BCUT2D eigenvalue weighted by molar-refractivity contribution is -0.166. The maximum atomic E-state index is 12.4. The molecule has 0 aromatic heterocycles. The lowest BCUT2D eigenvalue weighted by Gasteiger charge is -2.27. The second kappa shape index (κ2) is 10.5. The summed E-state index contributed by atoms with van der Waals surface area (Å²) in [7, 11) is 1.48. The Labute approximate surface area is 148 Å². The van der Waals surface area contributed by atoms with Crippen LogP contribution in [0.5, 0.6) is 0 Å². The van der Waals surface area contributed by atoms with Crippen molar-refractivity contribution in [1.82, 2.24) is 15.7 Å². The maximum absolute atomic E-state index is 12.4. The summed E-state index contributed by atoms with van der Waals surface area (Å²) in [6.07, 6.45) is 2.28. The van der Waals surface area contributed by atoms with Gasteiger partial charge >= 0.3 is 0 Å². The normalized spacial score (nSPS) is 12.8. The van der Waals surface area contributed by atoms with Gasteiger partial charge in [-0.3, -0.25) is 19.6 Å². The molecule has 0 bridgehead atoms. The first-order valence-corrected chi connectivity index (χ1v) is 8.35. The van der Waals surface area contributed by atoms with Crippen molar-refractivity contribution in [3.8, 4) is 0 Å². The maximum Gasteiger partial charge on any atom is 0.239 e. The number of rotatable bonds is 10. The highest BCUT2D eigenvalue weighted by molar-refractivity contribution is 5.86. The molecule has 0 radical (unpaired) electrons. The fraction of sp³-hybridized carbons (Fsp3) is 0.500. The molecule has 0 aliphatic carbocycles. The van der Waals surface area contributed by atoms with Crippen molar-refractivity contribution in [2.45, 2.75) is 39.2 Å². The summed E-state index contributed by atoms with van der Waals surface area (Å²) in [6, 6.07) is 7.48. The van der Waals surface area contributed by atoms with Crippen LogP contribution in [-0.4, -0.2) is 48.1 Å². The van der Waals surface area contributed by atoms with Crippen LogP contribution in [0.25, 0.3) is 0 Å². The largest absolute Gasteiger partial charge is 0.358 e. The predicted molar refractivity (Wildman–Crippen MR) is 93.8 cm³/mol. The summed E-state index contributed by atoms with van der Waals surface area (Å²) in [5, 5.41) is 15.1. The zero-order valence-electron chi connectivity index (χ0n) is 15.0. The Balaban J connectivity index is 2.66. The predicted octanol–water partition coefficient (Wildman–Crippen LogP) is 1.03. The lowest BCUT2D eigenvalue weighted by Crippen LogP contribution is -2.46. The molecule has 1 aromatic carbocycles. The second-order valence-electron chi connectivity index (χ2n) is 6.10. The lowest BCUT2D eigenvalue weighted by atomic mass is 9.92. The Kier molecular flexibility index (Phi) is 8.63. The number of carbonyl (C=O) groups excluding carboxylic acids is 3. The number of likely N-dealkylation sites (N-methyl/N-ethyl adjacent to an activating group) is 1. The van der Waals surface area contributed by atoms with E-state index in [9.17, 15) is 19.6 Å². The zero-order valence-corrected chi connectivity index (χ0v) is 15.0. The number of hydrogen-bond donors (Lipinski definition) is 3. The Bertz CT molecular complexity index is 574. The SMILES string of the molecule is CNC(=O)CNC(=O)C(CCCc1ccc(C)cc1)C(C)N(O)C=O. The van der Waals surface area contributed by atoms with Gasteiger partial charge in [-0.2, -0.15) is 0 Å². The van der Waals surface area contributed by atoms with Gasteiger partial charge in [0.05, 0.1) is 18.5 Å². The Morgan fingerprint density at radius 2 is 1.92 bits per heavy atom. The molecule has 0 fully saturated rings. The van der Waals surface area contributed by atoms with Crippen LogP contribution in [0.3, 0.4) is 0 Å². The Hall–Kier alpha value is -2.41. The summed E-state index contributed by atoms with van der Waals surface area (Å²) >= 11 is 0. The molecular weight excluding hydrogens is 322 g/mol. The van der Waals surface area contributed by atoms with Crippen LogP contribution in [0.1, 0.15) is 30.9 Å². The van der Waals surface area contributed by atoms with Crippen molar-refractivity contribution < 1.29 is 19.6 Å². The van der Waals surface area contributed by atoms with E-state index in [0.29, 0.717) is 11.5 Å². The molecular formula is C18H27N3O4. The minimum absolute atomic E-state index is 0.136. The molecule has 0 saturated carbocycles. The first-order chi connectivity index (χ1) is 11.9. The zero-order chi connectivity index (χ0) is 18.8. The van der Waals surface area contributed by atoms with E-state index in [-0.39, 0.29) is 24.8 Å². The van der Waals surface area contributed by atoms with Crippen LogP contribution < -0.4 is 10.6 Å². The molecule has 25 heavy (non-hydrogen) atoms. The summed E-state index contributed by atoms with van der Waals surface area (Å²) in [4.78, 5) is 34.4. The van der Waals surface area contributed by atoms with E-state index >= 15 is 0 Å². The van der Waals surface area contributed by atoms with Crippen LogP contribution >= 0.6 is 0 Å². The van der Waals surface area contributed by atoms with E-state index < -0.39 is 12.0 Å². The number of carbonyl (C=O) groups is 3. The molecule has 3 amide bonds. The van der Waals surface area contributed by atoms with Crippen LogP contribution in [0.4, 0.5) is 0 Å². The van der Waals surface area contributed by atoms with Gasteiger partial charge in [-0.25, -0.2) is 5.06 Å². The average molecular weight is 349 g/mol. The van der Waals surface area contributed by atoms with Gasteiger partial charge in [-0.15, -0.1) is 0 Å². The minimum Gasteiger partial charge on any atom is -0.358 e. The second-order valence-corrected chi connectivity index (χ2v) is 6.10. The van der Waals surface area contributed by atoms with Crippen molar-refractivity contribution in [3.05, 3.63) is 35.4 Å². The van der Waals surface area contributed by atoms with Gasteiger partial charge in [0.1, 0.15) is 0 Å². The van der Waals surface area contributed by atoms with E-state index in [4.69, 9.17) is 0 Å². The molecule has 138 valence electrons. The molecule has 2 atom stereocenters. The molecule has 0 aliphatic heterocycles. The number of aryl methyl sites for hydroxylation is 2. The van der Waals surface area contributed by atoms with Gasteiger partial charge in [0.15, 0.2) is 0 Å². The number of hydrogen-bond acceptors (Lipinski definition) is 4. The van der Waals surface area contributed by atoms with Crippen LogP contribution in [-0.2, 0) is 20.8 Å². The van der Waals surface area contributed by atoms with Gasteiger partial charge in [-0.1, -0.05) is 29.8 Å². The number of nitrogens with zero attached hydrogens (tertiary/aromatic N) is 1. The number of benzene rings is 1. The van der Waals surface area contributed by atoms with Crippen LogP contribution in [0.2, 0.25) is 0 Å². The van der Waals surface area contributed by atoms with Crippen molar-refractivity contribution in [2.24, 2.45) is 5.92 Å². The first-order valence-electron chi connectivity index (χ1n) is 8.35. The van der Waals surface area contributed by atoms with Crippen molar-refractivity contribution in [2.75, 3.05) is 13.6 Å². The quantitative estimate of drug-likeness (QED) is 0.334. The molecule has 7 nitrogen and oxygen atoms in total. The molecule has 2 unspecified atom stereocenters. The van der Waals surface area contributed by atoms with Gasteiger partial charge < -0.3 is 10.6 Å². The highest BCUT2D eigenvalue weighted by Gasteiger charge is 2.28. The number of hydroxylamine groups is 2. The third-order valence-corrected chi connectivity index (χ3v) is 4.25. The molecule has 7 heteroatoms. The number of amides is 3. The van der Waals surface area contributed by atoms with E-state index in [1.807, 2.05) is 31.2 Å². The van der Waals surface area contributed by atoms with Crippen molar-refractivity contribution in [1.29, 1.82) is 0 Å². The summed E-state index contributed by atoms with van der Waals surface area (Å²) in [6.45, 7) is 3.49. The van der Waals surface area contributed by atoms with E-state index in [1.165, 1.54) is 18.2 Å². The van der Waals surface area contributed by atoms with E-state index in [0.717, 1.165) is 12.8 Å². The topological polar surface area (TPSA) is 98.7 Å². The van der Waals surface area contributed by atoms with Crippen LogP contribution in [0.15, 0.2) is 24.3 Å². The Morgan fingerprint density at radius 1 is 1.28 bits per heavy atom. The number of nitrogens with one attached hydrogen (secondary N) is 2. The molecule has 0 spiro atoms. The Morgan fingerprint density at radius 3 is 2.48 bits per heavy atom. The summed E-state index contributed by atoms with van der Waals surface area (Å²) in [5.41, 5.74) is 2.35. The monoisotopic (exact) mass is 349 g/mol. The third-order valence-electron chi connectivity index (χ3n) is 4.25. The molecule has 1 aromatic rings. The highest BCUT2D eigenvalue weighted by atomic mass is 16.5. The van der Waals surface area contributed by atoms with Gasteiger partial charge in [0.2, 0.25) is 18.2 Å². The van der Waals surface area contributed by atoms with Gasteiger partial charge in [0, 0.05) is 7.05 Å². The van der Waals surface area contributed by atoms with Gasteiger partial charge in [0.25, 0.3) is 0 Å². The van der Waals surface area contributed by atoms with Crippen LogP contribution in [0, 0.1) is 12.8 Å². The minimum atomic E-state index is -0.680. The third kappa shape index (κ3) is 6.93. The fourth-order valence-corrected chi connectivity index (χ4v) is 2.54. The average Bonchev–Trinajstić information content (AvgIpc) is 2.63. The molecule has 0 aliphatic rings. The van der Waals surface area contributed by atoms with Gasteiger partial charge in [-0.05, 0) is 38.7 Å². The molecule has 0 heterocycles. The van der Waals surface area contributed by atoms with Crippen molar-refractivity contribution >= 4 is 18.2 Å². The standard InChI is InChI=1S/C18H27N3O4/c1-13-7-9-15(10-8-13)5-4-6-16(14(2)21(25)12-22)18(24)20-11-17(23)19-3/h7-10,12,14,16,25H,4-6,11H2,1-3H3,(H,19,23)(H,20,24). The fourth-order valence-electron chi connectivity index (χ4n) is 2.54. The summed E-state index contributed by atoms with van der Waals surface area (Å²) < 4.78 is 0. The highest BCUT2D eigenvalue weighted by Crippen LogP contribution is 2.18. The molecule has 1 rings (SSSR count). The van der Waals surface area contributed by atoms with E-state index in [2.05, 4.69) is 10.6 Å². The molecule has 0 saturated heterocycles. The smallest absolute Gasteiger partial charge is 0.239 e.